The van der Waals surface area contributed by atoms with Gasteiger partial charge in [0.25, 0.3) is 5.91 Å². The first-order valence-corrected chi connectivity index (χ1v) is 6.86. The lowest BCUT2D eigenvalue weighted by atomic mass is 10.0. The number of aliphatic hydroxyl groups is 2. The monoisotopic (exact) mass is 317 g/mol. The summed E-state index contributed by atoms with van der Waals surface area (Å²) in [6, 6.07) is 0. The van der Waals surface area contributed by atoms with Gasteiger partial charge in [0.2, 0.25) is 0 Å². The van der Waals surface area contributed by atoms with Gasteiger partial charge in [0.05, 0.1) is 12.2 Å². The highest BCUT2D eigenvalue weighted by atomic mass is 19.1. The van der Waals surface area contributed by atoms with Gasteiger partial charge in [-0.15, -0.1) is 0 Å². The fraction of sp³-hybridized carbons (Fsp3) is 0.571. The van der Waals surface area contributed by atoms with Crippen LogP contribution in [0.3, 0.4) is 0 Å². The lowest BCUT2D eigenvalue weighted by Crippen LogP contribution is -2.55. The molecule has 1 saturated heterocycles. The van der Waals surface area contributed by atoms with Gasteiger partial charge < -0.3 is 30.3 Å². The molecule has 1 fully saturated rings. The van der Waals surface area contributed by atoms with E-state index in [1.165, 1.54) is 0 Å². The van der Waals surface area contributed by atoms with Crippen molar-refractivity contribution in [2.75, 3.05) is 13.1 Å². The Hall–Kier alpha value is -1.61. The van der Waals surface area contributed by atoms with Gasteiger partial charge in [0.15, 0.2) is 23.1 Å². The fourth-order valence-electron chi connectivity index (χ4n) is 2.71. The smallest absolute Gasteiger partial charge is 0.261 e. The predicted octanol–water partition coefficient (Wildman–Crippen LogP) is 0.455. The minimum atomic E-state index is -2.87. The molecule has 5 N–H and O–H groups in total. The highest BCUT2D eigenvalue weighted by Crippen LogP contribution is 2.46. The van der Waals surface area contributed by atoms with Gasteiger partial charge in [0.1, 0.15) is 5.56 Å². The number of nitrogens with zero attached hydrogens (tertiary/aromatic N) is 1. The highest BCUT2D eigenvalue weighted by Gasteiger charge is 2.44. The number of phenolic OH excluding ortho intramolecular Hbond substituents is 3. The van der Waals surface area contributed by atoms with Gasteiger partial charge in [-0.1, -0.05) is 0 Å². The Morgan fingerprint density at radius 3 is 2.05 bits per heavy atom. The van der Waals surface area contributed by atoms with Crippen LogP contribution >= 0.6 is 0 Å². The quantitative estimate of drug-likeness (QED) is 0.306. The summed E-state index contributed by atoms with van der Waals surface area (Å²) < 4.78 is 19.4. The SMILES string of the molecule is Cc1c(O)c(O)c(C(O)(O)N2CC(C)OC(C)C2)c(O)c1F. The zero-order valence-corrected chi connectivity index (χ0v) is 12.5. The van der Waals surface area contributed by atoms with Crippen LogP contribution in [0.25, 0.3) is 0 Å². The predicted molar refractivity (Wildman–Crippen MR) is 73.8 cm³/mol. The summed E-state index contributed by atoms with van der Waals surface area (Å²) in [6.07, 6.45) is -0.675. The third-order valence-electron chi connectivity index (χ3n) is 3.79. The number of hydrogen-bond acceptors (Lipinski definition) is 7. The Labute approximate surface area is 126 Å². The van der Waals surface area contributed by atoms with Crippen LogP contribution in [0.1, 0.15) is 25.0 Å². The van der Waals surface area contributed by atoms with Crippen LogP contribution in [0.4, 0.5) is 4.39 Å². The molecule has 0 amide bonds. The molecule has 124 valence electrons. The van der Waals surface area contributed by atoms with E-state index in [9.17, 15) is 29.9 Å². The first-order valence-electron chi connectivity index (χ1n) is 6.86. The van der Waals surface area contributed by atoms with Crippen molar-refractivity contribution >= 4 is 0 Å². The number of halogens is 1. The molecule has 1 aromatic rings. The average molecular weight is 317 g/mol. The van der Waals surface area contributed by atoms with E-state index < -0.39 is 40.1 Å². The third kappa shape index (κ3) is 2.58. The first-order chi connectivity index (χ1) is 10.1. The Bertz CT molecular complexity index is 552. The summed E-state index contributed by atoms with van der Waals surface area (Å²) in [5.41, 5.74) is -1.28. The van der Waals surface area contributed by atoms with E-state index >= 15 is 0 Å². The molecular weight excluding hydrogens is 297 g/mol. The average Bonchev–Trinajstić information content (AvgIpc) is 2.42. The van der Waals surface area contributed by atoms with Crippen molar-refractivity contribution in [2.45, 2.75) is 38.9 Å². The van der Waals surface area contributed by atoms with Crippen LogP contribution < -0.4 is 0 Å². The van der Waals surface area contributed by atoms with E-state index in [1.54, 1.807) is 13.8 Å². The molecular formula is C14H20FNO6. The molecule has 2 unspecified atom stereocenters. The second-order valence-corrected chi connectivity index (χ2v) is 5.66. The Kier molecular flexibility index (Phi) is 4.22. The zero-order chi connectivity index (χ0) is 16.8. The van der Waals surface area contributed by atoms with Crippen LogP contribution in [0.15, 0.2) is 0 Å². The number of aromatic hydroxyl groups is 3. The second kappa shape index (κ2) is 5.54. The zero-order valence-electron chi connectivity index (χ0n) is 12.5. The van der Waals surface area contributed by atoms with Crippen LogP contribution in [0.2, 0.25) is 0 Å². The van der Waals surface area contributed by atoms with Gasteiger partial charge in [-0.3, -0.25) is 0 Å². The molecule has 2 rings (SSSR count). The molecule has 2 atom stereocenters. The molecule has 22 heavy (non-hydrogen) atoms. The van der Waals surface area contributed by atoms with Gasteiger partial charge in [-0.2, -0.15) is 0 Å². The van der Waals surface area contributed by atoms with Crippen molar-refractivity contribution in [1.82, 2.24) is 4.90 Å². The molecule has 0 spiro atoms. The summed E-state index contributed by atoms with van der Waals surface area (Å²) in [7, 11) is 0. The Balaban J connectivity index is 2.54. The highest BCUT2D eigenvalue weighted by molar-refractivity contribution is 5.58. The van der Waals surface area contributed by atoms with E-state index in [-0.39, 0.29) is 25.3 Å². The van der Waals surface area contributed by atoms with Crippen LogP contribution in [-0.4, -0.2) is 55.7 Å². The maximum atomic E-state index is 13.9. The molecule has 0 radical (unpaired) electrons. The molecule has 0 aromatic heterocycles. The number of hydrogen-bond donors (Lipinski definition) is 5. The molecule has 0 saturated carbocycles. The minimum Gasteiger partial charge on any atom is -0.504 e. The Morgan fingerprint density at radius 1 is 1.05 bits per heavy atom. The second-order valence-electron chi connectivity index (χ2n) is 5.66. The number of benzene rings is 1. The summed E-state index contributed by atoms with van der Waals surface area (Å²) in [5, 5.41) is 50.2. The van der Waals surface area contributed by atoms with Gasteiger partial charge in [0, 0.05) is 18.7 Å². The number of phenols is 3. The van der Waals surface area contributed by atoms with Crippen LogP contribution in [-0.2, 0) is 10.6 Å². The van der Waals surface area contributed by atoms with E-state index in [2.05, 4.69) is 0 Å². The molecule has 0 bridgehead atoms. The maximum absolute atomic E-state index is 13.9. The van der Waals surface area contributed by atoms with Crippen molar-refractivity contribution in [2.24, 2.45) is 0 Å². The number of rotatable bonds is 2. The lowest BCUT2D eigenvalue weighted by Gasteiger charge is -2.42. The van der Waals surface area contributed by atoms with Gasteiger partial charge in [-0.25, -0.2) is 9.29 Å². The molecule has 0 aliphatic carbocycles. The summed E-state index contributed by atoms with van der Waals surface area (Å²) in [6.45, 7) is 4.72. The standard InChI is InChI=1S/C14H20FNO6/c1-6-4-16(5-7(2)22-6)14(20,21)9-12(18)10(15)8(3)11(17)13(9)19/h6-7,17-21H,4-5H2,1-3H3. The van der Waals surface area contributed by atoms with Gasteiger partial charge in [-0.05, 0) is 20.8 Å². The molecule has 1 aliphatic heterocycles. The van der Waals surface area contributed by atoms with E-state index in [4.69, 9.17) is 4.74 Å². The lowest BCUT2D eigenvalue weighted by molar-refractivity contribution is -0.299. The van der Waals surface area contributed by atoms with E-state index in [0.717, 1.165) is 11.8 Å². The van der Waals surface area contributed by atoms with E-state index in [0.29, 0.717) is 0 Å². The molecule has 7 nitrogen and oxygen atoms in total. The molecule has 1 aromatic carbocycles. The van der Waals surface area contributed by atoms with Crippen LogP contribution in [0.5, 0.6) is 17.2 Å². The van der Waals surface area contributed by atoms with Gasteiger partial charge >= 0.3 is 0 Å². The summed E-state index contributed by atoms with van der Waals surface area (Å²) in [4.78, 5) is 1.12. The van der Waals surface area contributed by atoms with Crippen molar-refractivity contribution in [3.63, 3.8) is 0 Å². The van der Waals surface area contributed by atoms with Crippen LogP contribution in [0, 0.1) is 12.7 Å². The Morgan fingerprint density at radius 2 is 1.55 bits per heavy atom. The first kappa shape index (κ1) is 16.8. The summed E-state index contributed by atoms with van der Waals surface area (Å²) >= 11 is 0. The van der Waals surface area contributed by atoms with Crippen molar-refractivity contribution in [3.05, 3.63) is 16.9 Å². The molecule has 1 aliphatic rings. The van der Waals surface area contributed by atoms with Crippen molar-refractivity contribution in [1.29, 1.82) is 0 Å². The maximum Gasteiger partial charge on any atom is 0.261 e. The topological polar surface area (TPSA) is 114 Å². The molecule has 1 heterocycles. The van der Waals surface area contributed by atoms with Crippen molar-refractivity contribution in [3.8, 4) is 17.2 Å². The fourth-order valence-corrected chi connectivity index (χ4v) is 2.71. The van der Waals surface area contributed by atoms with E-state index in [1.807, 2.05) is 0 Å². The third-order valence-corrected chi connectivity index (χ3v) is 3.79. The minimum absolute atomic E-state index is 0.0759. The normalized spacial score (nSPS) is 23.7. The number of morpholine rings is 1. The van der Waals surface area contributed by atoms with Crippen molar-refractivity contribution < 1.29 is 34.7 Å². The summed E-state index contributed by atoms with van der Waals surface area (Å²) in [5.74, 6) is -7.05. The molecule has 8 heteroatoms. The largest absolute Gasteiger partial charge is 0.504 e. The number of ether oxygens (including phenoxy) is 1.